The Labute approximate surface area is 201 Å². The third-order valence-electron chi connectivity index (χ3n) is 4.59. The van der Waals surface area contributed by atoms with Gasteiger partial charge in [-0.25, -0.2) is 4.79 Å². The Morgan fingerprint density at radius 1 is 1.34 bits per heavy atom. The van der Waals surface area contributed by atoms with E-state index in [9.17, 15) is 14.4 Å². The van der Waals surface area contributed by atoms with Gasteiger partial charge in [-0.2, -0.15) is 0 Å². The first-order valence-corrected chi connectivity index (χ1v) is 11.9. The van der Waals surface area contributed by atoms with Crippen molar-refractivity contribution in [2.24, 2.45) is 0 Å². The highest BCUT2D eigenvalue weighted by molar-refractivity contribution is 14.1. The number of nitrogens with zero attached hydrogens (tertiary/aromatic N) is 1. The van der Waals surface area contributed by atoms with Crippen molar-refractivity contribution in [1.29, 1.82) is 0 Å². The van der Waals surface area contributed by atoms with Gasteiger partial charge < -0.3 is 15.0 Å². The molecule has 2 fully saturated rings. The Bertz CT molecular complexity index is 806. The predicted octanol–water partition coefficient (Wildman–Crippen LogP) is 3.10. The molecule has 1 aromatic rings. The summed E-state index contributed by atoms with van der Waals surface area (Å²) >= 11 is 20.6. The topological polar surface area (TPSA) is 75.7 Å². The van der Waals surface area contributed by atoms with E-state index in [4.69, 9.17) is 39.5 Å². The second-order valence-corrected chi connectivity index (χ2v) is 13.1. The quantitative estimate of drug-likeness (QED) is 0.247. The Hall–Kier alpha value is -0.420. The third kappa shape index (κ3) is 5.44. The van der Waals surface area contributed by atoms with E-state index in [0.717, 1.165) is 5.56 Å². The van der Waals surface area contributed by atoms with E-state index >= 15 is 0 Å². The van der Waals surface area contributed by atoms with E-state index in [1.165, 1.54) is 16.7 Å². The molecule has 0 saturated carbocycles. The minimum absolute atomic E-state index is 0.181. The number of esters is 1. The second-order valence-electron chi connectivity index (χ2n) is 7.06. The van der Waals surface area contributed by atoms with Crippen LogP contribution in [0.5, 0.6) is 0 Å². The number of hydrogen-bond donors (Lipinski definition) is 1. The molecule has 29 heavy (non-hydrogen) atoms. The van der Waals surface area contributed by atoms with Crippen molar-refractivity contribution in [3.8, 4) is 0 Å². The number of halogens is 4. The molecule has 2 saturated heterocycles. The number of amides is 2. The molecule has 4 atom stereocenters. The summed E-state index contributed by atoms with van der Waals surface area (Å²) in [7, 11) is 0. The molecule has 1 aromatic carbocycles. The highest BCUT2D eigenvalue weighted by atomic mass is 127. The summed E-state index contributed by atoms with van der Waals surface area (Å²) in [4.78, 5) is 39.3. The Morgan fingerprint density at radius 2 is 2.00 bits per heavy atom. The molecule has 1 N–H and O–H groups in total. The predicted molar refractivity (Wildman–Crippen MR) is 123 cm³/mol. The molecule has 6 nitrogen and oxygen atoms in total. The maximum atomic E-state index is 12.8. The summed E-state index contributed by atoms with van der Waals surface area (Å²) in [5.41, 5.74) is 0.859. The van der Waals surface area contributed by atoms with Crippen molar-refractivity contribution >= 4 is 86.9 Å². The summed E-state index contributed by atoms with van der Waals surface area (Å²) < 4.78 is 2.86. The largest absolute Gasteiger partial charge is 0.460 e. The molecule has 0 aliphatic carbocycles. The van der Waals surface area contributed by atoms with Crippen LogP contribution in [0.4, 0.5) is 0 Å². The molecular weight excluding hydrogens is 574 g/mol. The Balaban J connectivity index is 1.66. The summed E-state index contributed by atoms with van der Waals surface area (Å²) in [5, 5.41) is 2.45. The molecule has 11 heteroatoms. The lowest BCUT2D eigenvalue weighted by molar-refractivity contribution is -0.166. The van der Waals surface area contributed by atoms with Gasteiger partial charge in [0.05, 0.1) is 9.84 Å². The highest BCUT2D eigenvalue weighted by Crippen LogP contribution is 2.46. The van der Waals surface area contributed by atoms with E-state index in [-0.39, 0.29) is 23.6 Å². The summed E-state index contributed by atoms with van der Waals surface area (Å²) in [6.45, 7) is 1.46. The van der Waals surface area contributed by atoms with E-state index in [1.54, 1.807) is 0 Å². The molecule has 0 bridgehead atoms. The number of nitrogens with one attached hydrogen (secondary N) is 1. The molecule has 0 aromatic heterocycles. The molecular formula is C18H18Cl3IN2O4S. The standard InChI is InChI=1S/C18H18Cl3IN2O4S/c1-17(22)9-29-15-12(23-11(25)7-10-5-3-2-4-6-10)14(26)24(15)13(17)16(27)28-8-18(19,20)21/h2-6,12-13,15H,7-9H2,1H3,(H,23,25)/t12?,13?,15-,17?/m1/s1. The molecule has 2 aliphatic rings. The first kappa shape index (κ1) is 23.2. The fraction of sp³-hybridized carbons (Fsp3) is 0.500. The van der Waals surface area contributed by atoms with E-state index in [0.29, 0.717) is 5.75 Å². The van der Waals surface area contributed by atoms with Crippen LogP contribution in [0.15, 0.2) is 30.3 Å². The molecule has 2 heterocycles. The molecule has 0 spiro atoms. The van der Waals surface area contributed by atoms with Crippen LogP contribution in [0.1, 0.15) is 12.5 Å². The van der Waals surface area contributed by atoms with Gasteiger partial charge in [0.2, 0.25) is 15.6 Å². The van der Waals surface area contributed by atoms with Crippen LogP contribution >= 0.6 is 69.2 Å². The Kier molecular flexibility index (Phi) is 7.20. The van der Waals surface area contributed by atoms with Gasteiger partial charge in [-0.15, -0.1) is 11.8 Å². The number of thioether (sulfide) groups is 1. The zero-order valence-corrected chi connectivity index (χ0v) is 20.5. The first-order chi connectivity index (χ1) is 13.5. The van der Waals surface area contributed by atoms with Crippen LogP contribution in [-0.4, -0.2) is 59.7 Å². The average Bonchev–Trinajstić information content (AvgIpc) is 2.63. The molecule has 0 radical (unpaired) electrons. The number of hydrogen-bond acceptors (Lipinski definition) is 5. The lowest BCUT2D eigenvalue weighted by Gasteiger charge is -2.56. The summed E-state index contributed by atoms with van der Waals surface area (Å²) in [5.74, 6) is -0.586. The van der Waals surface area contributed by atoms with Crippen LogP contribution < -0.4 is 5.32 Å². The lowest BCUT2D eigenvalue weighted by atomic mass is 9.94. The maximum absolute atomic E-state index is 12.8. The molecule has 2 aliphatic heterocycles. The van der Waals surface area contributed by atoms with Gasteiger partial charge in [0, 0.05) is 5.75 Å². The first-order valence-electron chi connectivity index (χ1n) is 8.69. The second kappa shape index (κ2) is 8.98. The van der Waals surface area contributed by atoms with E-state index in [1.807, 2.05) is 37.3 Å². The van der Waals surface area contributed by atoms with Crippen LogP contribution in [0.2, 0.25) is 0 Å². The summed E-state index contributed by atoms with van der Waals surface area (Å²) in [6, 6.07) is 7.78. The zero-order chi connectivity index (χ0) is 21.4. The average molecular weight is 592 g/mol. The fourth-order valence-electron chi connectivity index (χ4n) is 3.28. The van der Waals surface area contributed by atoms with Gasteiger partial charge in [0.15, 0.2) is 0 Å². The van der Waals surface area contributed by atoms with Gasteiger partial charge in [-0.3, -0.25) is 9.59 Å². The summed E-state index contributed by atoms with van der Waals surface area (Å²) in [6.07, 6.45) is 0.181. The minimum Gasteiger partial charge on any atom is -0.460 e. The SMILES string of the molecule is CC1(I)CS[C@@H]2C(NC(=O)Cc3ccccc3)C(=O)N2C1C(=O)OCC(Cl)(Cl)Cl. The third-order valence-corrected chi connectivity index (χ3v) is 8.01. The van der Waals surface area contributed by atoms with Gasteiger partial charge in [0.25, 0.3) is 0 Å². The molecule has 2 amide bonds. The lowest BCUT2D eigenvalue weighted by Crippen LogP contribution is -2.78. The van der Waals surface area contributed by atoms with E-state index in [2.05, 4.69) is 27.9 Å². The fourth-order valence-corrected chi connectivity index (χ4v) is 5.96. The maximum Gasteiger partial charge on any atom is 0.330 e. The monoisotopic (exact) mass is 590 g/mol. The number of alkyl halides is 4. The number of ether oxygens (including phenoxy) is 1. The minimum atomic E-state index is -1.73. The highest BCUT2D eigenvalue weighted by Gasteiger charge is 2.61. The van der Waals surface area contributed by atoms with Gasteiger partial charge >= 0.3 is 5.97 Å². The van der Waals surface area contributed by atoms with Crippen molar-refractivity contribution < 1.29 is 19.1 Å². The van der Waals surface area contributed by atoms with Crippen LogP contribution in [-0.2, 0) is 25.5 Å². The van der Waals surface area contributed by atoms with Crippen molar-refractivity contribution in [1.82, 2.24) is 10.2 Å². The van der Waals surface area contributed by atoms with E-state index < -0.39 is 31.9 Å². The number of carbonyl (C=O) groups excluding carboxylic acids is 3. The molecule has 3 unspecified atom stereocenters. The normalized spacial score (nSPS) is 28.9. The molecule has 3 rings (SSSR count). The van der Waals surface area contributed by atoms with Crippen molar-refractivity contribution in [2.75, 3.05) is 12.4 Å². The van der Waals surface area contributed by atoms with Crippen molar-refractivity contribution in [3.05, 3.63) is 35.9 Å². The van der Waals surface area contributed by atoms with Crippen LogP contribution in [0, 0.1) is 0 Å². The van der Waals surface area contributed by atoms with Gasteiger partial charge in [-0.1, -0.05) is 87.7 Å². The zero-order valence-electron chi connectivity index (χ0n) is 15.2. The van der Waals surface area contributed by atoms with Crippen molar-refractivity contribution in [3.63, 3.8) is 0 Å². The number of fused-ring (bicyclic) bond motifs is 1. The number of β-lactam (4-membered cyclic amide) rings is 1. The van der Waals surface area contributed by atoms with Crippen LogP contribution in [0.25, 0.3) is 0 Å². The number of carbonyl (C=O) groups is 3. The Morgan fingerprint density at radius 3 is 2.62 bits per heavy atom. The molecule has 158 valence electrons. The van der Waals surface area contributed by atoms with Crippen LogP contribution in [0.3, 0.4) is 0 Å². The van der Waals surface area contributed by atoms with Crippen molar-refractivity contribution in [2.45, 2.75) is 38.0 Å². The number of rotatable bonds is 5. The smallest absolute Gasteiger partial charge is 0.330 e. The number of benzene rings is 1. The van der Waals surface area contributed by atoms with Gasteiger partial charge in [-0.05, 0) is 12.5 Å². The van der Waals surface area contributed by atoms with Gasteiger partial charge in [0.1, 0.15) is 24.1 Å².